The molecule has 8 heteroatoms. The van der Waals surface area contributed by atoms with Crippen molar-refractivity contribution in [3.63, 3.8) is 0 Å². The number of carbonyl (C=O) groups is 1. The second kappa shape index (κ2) is 11.0. The highest BCUT2D eigenvalue weighted by atomic mass is 35.5. The molecule has 0 spiro atoms. The number of nitrogens with one attached hydrogen (secondary N) is 2. The van der Waals surface area contributed by atoms with Crippen molar-refractivity contribution in [1.29, 1.82) is 0 Å². The lowest BCUT2D eigenvalue weighted by Crippen LogP contribution is -2.32. The van der Waals surface area contributed by atoms with E-state index >= 15 is 0 Å². The SMILES string of the molecule is Cc1c(Cl)cccc1-n1c(C)cc([C@H]2[C@@H](c3ccccn3)NC(=S)N2CCC(=O)Nc2ccccc2)c1C. The molecule has 0 aliphatic carbocycles. The van der Waals surface area contributed by atoms with E-state index in [0.717, 1.165) is 44.6 Å². The van der Waals surface area contributed by atoms with Crippen LogP contribution in [-0.4, -0.2) is 32.0 Å². The molecule has 194 valence electrons. The first-order valence-electron chi connectivity index (χ1n) is 12.6. The van der Waals surface area contributed by atoms with Crippen LogP contribution in [0.25, 0.3) is 5.69 Å². The van der Waals surface area contributed by atoms with Crippen LogP contribution in [0.1, 0.15) is 46.7 Å². The molecule has 1 saturated heterocycles. The maximum atomic E-state index is 12.8. The first-order valence-corrected chi connectivity index (χ1v) is 13.4. The third-order valence-electron chi connectivity index (χ3n) is 7.10. The van der Waals surface area contributed by atoms with Crippen LogP contribution in [-0.2, 0) is 4.79 Å². The van der Waals surface area contributed by atoms with E-state index in [1.54, 1.807) is 6.20 Å². The zero-order valence-corrected chi connectivity index (χ0v) is 23.2. The molecule has 4 aromatic rings. The van der Waals surface area contributed by atoms with Crippen molar-refractivity contribution in [3.8, 4) is 5.69 Å². The van der Waals surface area contributed by atoms with Gasteiger partial charge in [-0.25, -0.2) is 0 Å². The first-order chi connectivity index (χ1) is 18.3. The average molecular weight is 544 g/mol. The number of benzene rings is 2. The summed E-state index contributed by atoms with van der Waals surface area (Å²) in [4.78, 5) is 19.6. The molecule has 1 amide bonds. The number of para-hydroxylation sites is 1. The van der Waals surface area contributed by atoms with Crippen LogP contribution < -0.4 is 10.6 Å². The van der Waals surface area contributed by atoms with Gasteiger partial charge in [0, 0.05) is 46.9 Å². The number of nitrogens with zero attached hydrogens (tertiary/aromatic N) is 3. The molecule has 0 saturated carbocycles. The summed E-state index contributed by atoms with van der Waals surface area (Å²) in [6.07, 6.45) is 2.10. The van der Waals surface area contributed by atoms with Gasteiger partial charge in [-0.05, 0) is 86.6 Å². The Morgan fingerprint density at radius 3 is 2.55 bits per heavy atom. The van der Waals surface area contributed by atoms with Crippen molar-refractivity contribution in [2.24, 2.45) is 0 Å². The molecule has 1 aliphatic rings. The molecule has 0 unspecified atom stereocenters. The van der Waals surface area contributed by atoms with E-state index in [1.165, 1.54) is 0 Å². The van der Waals surface area contributed by atoms with Gasteiger partial charge >= 0.3 is 0 Å². The van der Waals surface area contributed by atoms with E-state index in [1.807, 2.05) is 67.6 Å². The third-order valence-corrected chi connectivity index (χ3v) is 7.87. The Morgan fingerprint density at radius 1 is 1.05 bits per heavy atom. The second-order valence-electron chi connectivity index (χ2n) is 9.53. The van der Waals surface area contributed by atoms with Crippen LogP contribution in [0.15, 0.2) is 79.0 Å². The number of aryl methyl sites for hydroxylation is 1. The van der Waals surface area contributed by atoms with Gasteiger partial charge in [-0.3, -0.25) is 9.78 Å². The van der Waals surface area contributed by atoms with Gasteiger partial charge in [-0.15, -0.1) is 0 Å². The van der Waals surface area contributed by atoms with Gasteiger partial charge in [0.1, 0.15) is 0 Å². The largest absolute Gasteiger partial charge is 0.352 e. The van der Waals surface area contributed by atoms with Gasteiger partial charge in [0.2, 0.25) is 5.91 Å². The number of hydrogen-bond donors (Lipinski definition) is 2. The van der Waals surface area contributed by atoms with Crippen LogP contribution in [0.2, 0.25) is 5.02 Å². The van der Waals surface area contributed by atoms with Gasteiger partial charge < -0.3 is 20.1 Å². The summed E-state index contributed by atoms with van der Waals surface area (Å²) in [7, 11) is 0. The minimum Gasteiger partial charge on any atom is -0.352 e. The number of carbonyl (C=O) groups excluding carboxylic acids is 1. The van der Waals surface area contributed by atoms with Crippen LogP contribution >= 0.6 is 23.8 Å². The standard InChI is InChI=1S/C30H30ClN5OS/c1-19-18-23(21(3)36(19)26-14-9-12-24(31)20(26)2)29-28(25-13-7-8-16-32-25)34-30(38)35(29)17-15-27(37)33-22-10-5-4-6-11-22/h4-14,16,18,28-29H,15,17H2,1-3H3,(H,33,37)(H,34,38)/t28-,29+/m1/s1. The molecule has 0 radical (unpaired) electrons. The van der Waals surface area contributed by atoms with Crippen molar-refractivity contribution in [3.05, 3.63) is 112 Å². The normalized spacial score (nSPS) is 16.9. The predicted molar refractivity (Wildman–Crippen MR) is 157 cm³/mol. The van der Waals surface area contributed by atoms with Crippen molar-refractivity contribution >= 4 is 40.5 Å². The molecule has 1 fully saturated rings. The van der Waals surface area contributed by atoms with E-state index < -0.39 is 0 Å². The summed E-state index contributed by atoms with van der Waals surface area (Å²) < 4.78 is 2.24. The zero-order chi connectivity index (χ0) is 26.8. The average Bonchev–Trinajstić information content (AvgIpc) is 3.40. The van der Waals surface area contributed by atoms with Gasteiger partial charge in [-0.2, -0.15) is 0 Å². The maximum Gasteiger partial charge on any atom is 0.226 e. The lowest BCUT2D eigenvalue weighted by molar-refractivity contribution is -0.116. The van der Waals surface area contributed by atoms with E-state index in [0.29, 0.717) is 18.1 Å². The van der Waals surface area contributed by atoms with Crippen LogP contribution in [0.4, 0.5) is 5.69 Å². The highest BCUT2D eigenvalue weighted by molar-refractivity contribution is 7.80. The summed E-state index contributed by atoms with van der Waals surface area (Å²) in [5.41, 5.74) is 7.09. The predicted octanol–water partition coefficient (Wildman–Crippen LogP) is 6.45. The zero-order valence-electron chi connectivity index (χ0n) is 21.6. The van der Waals surface area contributed by atoms with Crippen molar-refractivity contribution in [2.45, 2.75) is 39.3 Å². The van der Waals surface area contributed by atoms with Crippen molar-refractivity contribution in [2.75, 3.05) is 11.9 Å². The molecule has 0 bridgehead atoms. The Labute approximate surface area is 233 Å². The summed E-state index contributed by atoms with van der Waals surface area (Å²) in [6, 6.07) is 23.3. The smallest absolute Gasteiger partial charge is 0.226 e. The quantitative estimate of drug-likeness (QED) is 0.262. The summed E-state index contributed by atoms with van der Waals surface area (Å²) >= 11 is 12.3. The molecule has 3 heterocycles. The number of anilines is 1. The fraction of sp³-hybridized carbons (Fsp3) is 0.233. The minimum atomic E-state index is -0.157. The summed E-state index contributed by atoms with van der Waals surface area (Å²) in [6.45, 7) is 6.74. The van der Waals surface area contributed by atoms with Crippen molar-refractivity contribution in [1.82, 2.24) is 19.8 Å². The van der Waals surface area contributed by atoms with Gasteiger partial charge in [-0.1, -0.05) is 41.9 Å². The number of pyridine rings is 1. The molecule has 2 N–H and O–H groups in total. The number of amides is 1. The fourth-order valence-corrected chi connectivity index (χ4v) is 5.75. The van der Waals surface area contributed by atoms with Crippen molar-refractivity contribution < 1.29 is 4.79 Å². The minimum absolute atomic E-state index is 0.0564. The Kier molecular flexibility index (Phi) is 7.49. The summed E-state index contributed by atoms with van der Waals surface area (Å²) in [5.74, 6) is -0.0564. The number of hydrogen-bond acceptors (Lipinski definition) is 3. The van der Waals surface area contributed by atoms with E-state index in [2.05, 4.69) is 51.1 Å². The Bertz CT molecular complexity index is 1470. The molecular formula is C30H30ClN5OS. The van der Waals surface area contributed by atoms with E-state index in [-0.39, 0.29) is 18.0 Å². The molecule has 2 aromatic carbocycles. The molecule has 6 nitrogen and oxygen atoms in total. The van der Waals surface area contributed by atoms with Gasteiger partial charge in [0.15, 0.2) is 5.11 Å². The van der Waals surface area contributed by atoms with Crippen LogP contribution in [0.3, 0.4) is 0 Å². The Hall–Kier alpha value is -3.68. The van der Waals surface area contributed by atoms with E-state index in [9.17, 15) is 4.79 Å². The fourth-order valence-electron chi connectivity index (χ4n) is 5.25. The highest BCUT2D eigenvalue weighted by Gasteiger charge is 2.41. The van der Waals surface area contributed by atoms with E-state index in [4.69, 9.17) is 23.8 Å². The Balaban J connectivity index is 1.50. The lowest BCUT2D eigenvalue weighted by atomic mass is 9.96. The molecule has 2 aromatic heterocycles. The van der Waals surface area contributed by atoms with Gasteiger partial charge in [0.05, 0.1) is 17.8 Å². The number of rotatable bonds is 7. The Morgan fingerprint density at radius 2 is 1.82 bits per heavy atom. The second-order valence-corrected chi connectivity index (χ2v) is 10.3. The lowest BCUT2D eigenvalue weighted by Gasteiger charge is -2.28. The molecule has 2 atom stereocenters. The van der Waals surface area contributed by atoms with Crippen LogP contribution in [0, 0.1) is 20.8 Å². The van der Waals surface area contributed by atoms with Crippen LogP contribution in [0.5, 0.6) is 0 Å². The third kappa shape index (κ3) is 5.04. The number of aromatic nitrogens is 2. The number of halogens is 1. The maximum absolute atomic E-state index is 12.8. The highest BCUT2D eigenvalue weighted by Crippen LogP contribution is 2.42. The number of thiocarbonyl (C=S) groups is 1. The monoisotopic (exact) mass is 543 g/mol. The van der Waals surface area contributed by atoms with Gasteiger partial charge in [0.25, 0.3) is 0 Å². The molecular weight excluding hydrogens is 514 g/mol. The first kappa shape index (κ1) is 25.9. The molecule has 1 aliphatic heterocycles. The molecule has 5 rings (SSSR count). The summed E-state index contributed by atoms with van der Waals surface area (Å²) in [5, 5.41) is 7.82. The topological polar surface area (TPSA) is 62.2 Å². The molecule has 38 heavy (non-hydrogen) atoms.